The zero-order valence-electron chi connectivity index (χ0n) is 10.5. The lowest BCUT2D eigenvalue weighted by Gasteiger charge is -2.40. The highest BCUT2D eigenvalue weighted by molar-refractivity contribution is 5.79. The van der Waals surface area contributed by atoms with Crippen LogP contribution < -0.4 is 0 Å². The number of rotatable bonds is 4. The number of aliphatic carboxylic acids is 1. The fourth-order valence-electron chi connectivity index (χ4n) is 2.40. The van der Waals surface area contributed by atoms with Crippen LogP contribution in [0.15, 0.2) is 0 Å². The van der Waals surface area contributed by atoms with E-state index < -0.39 is 23.8 Å². The topological polar surface area (TPSA) is 66.8 Å². The third-order valence-corrected chi connectivity index (χ3v) is 3.84. The molecule has 0 saturated heterocycles. The molecule has 0 aromatic rings. The number of hydrogen-bond acceptors (Lipinski definition) is 3. The van der Waals surface area contributed by atoms with Crippen molar-refractivity contribution >= 4 is 5.97 Å². The average molecular weight is 230 g/mol. The van der Waals surface area contributed by atoms with E-state index in [-0.39, 0.29) is 5.41 Å². The first-order chi connectivity index (χ1) is 7.23. The summed E-state index contributed by atoms with van der Waals surface area (Å²) in [6, 6.07) is 0. The third-order valence-electron chi connectivity index (χ3n) is 3.84. The van der Waals surface area contributed by atoms with Crippen LogP contribution in [0, 0.1) is 5.41 Å². The summed E-state index contributed by atoms with van der Waals surface area (Å²) in [5.74, 6) is -0.914. The molecule has 1 rings (SSSR count). The number of carboxylic acids is 1. The van der Waals surface area contributed by atoms with Gasteiger partial charge in [0.1, 0.15) is 0 Å². The molecule has 1 aliphatic rings. The Labute approximate surface area is 96.6 Å². The number of hydrogen-bond donors (Lipinski definition) is 2. The summed E-state index contributed by atoms with van der Waals surface area (Å²) in [7, 11) is 0. The first kappa shape index (κ1) is 13.5. The van der Waals surface area contributed by atoms with Gasteiger partial charge in [0.05, 0.1) is 12.2 Å². The van der Waals surface area contributed by atoms with E-state index in [9.17, 15) is 15.0 Å². The summed E-state index contributed by atoms with van der Waals surface area (Å²) in [6.07, 6.45) is 1.09. The quantitative estimate of drug-likeness (QED) is 0.773. The van der Waals surface area contributed by atoms with Crippen LogP contribution >= 0.6 is 0 Å². The minimum Gasteiger partial charge on any atom is -0.479 e. The SMILES string of the molecule is CC(O)C(C)OC1(C(=O)O)CCCC1(C)C. The molecule has 4 nitrogen and oxygen atoms in total. The second-order valence-electron chi connectivity index (χ2n) is 5.43. The molecule has 0 amide bonds. The summed E-state index contributed by atoms with van der Waals surface area (Å²) < 4.78 is 5.69. The second kappa shape index (κ2) is 4.34. The Morgan fingerprint density at radius 3 is 2.19 bits per heavy atom. The molecule has 16 heavy (non-hydrogen) atoms. The van der Waals surface area contributed by atoms with E-state index in [2.05, 4.69) is 0 Å². The van der Waals surface area contributed by atoms with E-state index >= 15 is 0 Å². The van der Waals surface area contributed by atoms with Crippen molar-refractivity contribution in [2.24, 2.45) is 5.41 Å². The van der Waals surface area contributed by atoms with Crippen molar-refractivity contribution in [1.82, 2.24) is 0 Å². The van der Waals surface area contributed by atoms with Gasteiger partial charge >= 0.3 is 5.97 Å². The first-order valence-corrected chi connectivity index (χ1v) is 5.82. The average Bonchev–Trinajstić information content (AvgIpc) is 2.42. The molecule has 2 N–H and O–H groups in total. The maximum absolute atomic E-state index is 11.5. The highest BCUT2D eigenvalue weighted by Gasteiger charge is 2.56. The van der Waals surface area contributed by atoms with Crippen molar-refractivity contribution in [3.63, 3.8) is 0 Å². The van der Waals surface area contributed by atoms with Gasteiger partial charge in [0.25, 0.3) is 0 Å². The van der Waals surface area contributed by atoms with Gasteiger partial charge in [-0.3, -0.25) is 0 Å². The van der Waals surface area contributed by atoms with Gasteiger partial charge < -0.3 is 14.9 Å². The molecule has 0 spiro atoms. The summed E-state index contributed by atoms with van der Waals surface area (Å²) in [5, 5.41) is 18.9. The Morgan fingerprint density at radius 2 is 1.88 bits per heavy atom. The molecule has 3 unspecified atom stereocenters. The van der Waals surface area contributed by atoms with Gasteiger partial charge in [0.15, 0.2) is 5.60 Å². The van der Waals surface area contributed by atoms with Crippen molar-refractivity contribution in [2.75, 3.05) is 0 Å². The largest absolute Gasteiger partial charge is 0.479 e. The summed E-state index contributed by atoms with van der Waals surface area (Å²) in [5.41, 5.74) is -1.54. The van der Waals surface area contributed by atoms with Crippen molar-refractivity contribution in [3.05, 3.63) is 0 Å². The Kier molecular flexibility index (Phi) is 3.65. The minimum absolute atomic E-state index is 0.387. The maximum atomic E-state index is 11.5. The molecule has 3 atom stereocenters. The minimum atomic E-state index is -1.15. The predicted octanol–water partition coefficient (Wildman–Crippen LogP) is 1.81. The summed E-state index contributed by atoms with van der Waals surface area (Å²) >= 11 is 0. The van der Waals surface area contributed by atoms with E-state index in [1.807, 2.05) is 13.8 Å². The molecule has 0 radical (unpaired) electrons. The van der Waals surface area contributed by atoms with Crippen LogP contribution in [-0.2, 0) is 9.53 Å². The standard InChI is InChI=1S/C12H22O4/c1-8(13)9(2)16-12(10(14)15)7-5-6-11(12,3)4/h8-9,13H,5-7H2,1-4H3,(H,14,15). The van der Waals surface area contributed by atoms with Crippen LogP contribution in [0.1, 0.15) is 47.0 Å². The van der Waals surface area contributed by atoms with E-state index in [0.29, 0.717) is 6.42 Å². The lowest BCUT2D eigenvalue weighted by molar-refractivity contribution is -0.198. The van der Waals surface area contributed by atoms with Crippen LogP contribution in [0.4, 0.5) is 0 Å². The van der Waals surface area contributed by atoms with Crippen molar-refractivity contribution in [2.45, 2.75) is 64.8 Å². The third kappa shape index (κ3) is 2.09. The Bertz CT molecular complexity index is 272. The van der Waals surface area contributed by atoms with Gasteiger partial charge in [-0.2, -0.15) is 0 Å². The van der Waals surface area contributed by atoms with Crippen LogP contribution in [0.3, 0.4) is 0 Å². The lowest BCUT2D eigenvalue weighted by Crippen LogP contribution is -2.52. The first-order valence-electron chi connectivity index (χ1n) is 5.82. The highest BCUT2D eigenvalue weighted by Crippen LogP contribution is 2.49. The predicted molar refractivity (Wildman–Crippen MR) is 60.2 cm³/mol. The fourth-order valence-corrected chi connectivity index (χ4v) is 2.40. The Hall–Kier alpha value is -0.610. The number of aliphatic hydroxyl groups is 1. The van der Waals surface area contributed by atoms with E-state index in [1.54, 1.807) is 13.8 Å². The van der Waals surface area contributed by atoms with Gasteiger partial charge in [-0.15, -0.1) is 0 Å². The van der Waals surface area contributed by atoms with Crippen LogP contribution in [-0.4, -0.2) is 34.0 Å². The molecule has 0 aromatic carbocycles. The molecule has 0 bridgehead atoms. The maximum Gasteiger partial charge on any atom is 0.336 e. The summed E-state index contributed by atoms with van der Waals surface area (Å²) in [4.78, 5) is 11.5. The smallest absolute Gasteiger partial charge is 0.336 e. The van der Waals surface area contributed by atoms with Gasteiger partial charge in [0, 0.05) is 5.41 Å². The Balaban J connectivity index is 2.95. The monoisotopic (exact) mass is 230 g/mol. The molecule has 1 fully saturated rings. The molecule has 94 valence electrons. The Morgan fingerprint density at radius 1 is 1.31 bits per heavy atom. The number of carbonyl (C=O) groups is 1. The molecular formula is C12H22O4. The van der Waals surface area contributed by atoms with E-state index in [4.69, 9.17) is 4.74 Å². The number of ether oxygens (including phenoxy) is 1. The molecule has 1 saturated carbocycles. The highest BCUT2D eigenvalue weighted by atomic mass is 16.5. The van der Waals surface area contributed by atoms with Gasteiger partial charge in [-0.1, -0.05) is 13.8 Å². The summed E-state index contributed by atoms with van der Waals surface area (Å²) in [6.45, 7) is 7.16. The van der Waals surface area contributed by atoms with Gasteiger partial charge in [-0.25, -0.2) is 4.79 Å². The fraction of sp³-hybridized carbons (Fsp3) is 0.917. The molecular weight excluding hydrogens is 208 g/mol. The lowest BCUT2D eigenvalue weighted by atomic mass is 9.77. The molecule has 1 aliphatic carbocycles. The van der Waals surface area contributed by atoms with Crippen LogP contribution in [0.25, 0.3) is 0 Å². The molecule has 0 aromatic heterocycles. The number of aliphatic hydroxyl groups excluding tert-OH is 1. The zero-order chi connectivity index (χ0) is 12.6. The molecule has 0 aliphatic heterocycles. The van der Waals surface area contributed by atoms with Crippen LogP contribution in [0.2, 0.25) is 0 Å². The van der Waals surface area contributed by atoms with E-state index in [1.165, 1.54) is 0 Å². The zero-order valence-corrected chi connectivity index (χ0v) is 10.5. The van der Waals surface area contributed by atoms with Gasteiger partial charge in [0.2, 0.25) is 0 Å². The molecule has 0 heterocycles. The van der Waals surface area contributed by atoms with Crippen molar-refractivity contribution in [1.29, 1.82) is 0 Å². The van der Waals surface area contributed by atoms with Crippen molar-refractivity contribution < 1.29 is 19.7 Å². The van der Waals surface area contributed by atoms with Gasteiger partial charge in [-0.05, 0) is 33.1 Å². The van der Waals surface area contributed by atoms with Crippen molar-refractivity contribution in [3.8, 4) is 0 Å². The normalized spacial score (nSPS) is 32.3. The second-order valence-corrected chi connectivity index (χ2v) is 5.43. The molecule has 4 heteroatoms. The number of carboxylic acid groups (broad SMARTS) is 1. The van der Waals surface area contributed by atoms with E-state index in [0.717, 1.165) is 12.8 Å². The van der Waals surface area contributed by atoms with Crippen LogP contribution in [0.5, 0.6) is 0 Å².